The van der Waals surface area contributed by atoms with Gasteiger partial charge in [-0.3, -0.25) is 0 Å². The fraction of sp³-hybridized carbons (Fsp3) is 0.154. The van der Waals surface area contributed by atoms with Crippen LogP contribution in [0.5, 0.6) is 5.75 Å². The van der Waals surface area contributed by atoms with E-state index in [0.29, 0.717) is 11.4 Å². The van der Waals surface area contributed by atoms with E-state index in [2.05, 4.69) is 5.32 Å². The molecule has 5 heteroatoms. The van der Waals surface area contributed by atoms with Gasteiger partial charge in [-0.05, 0) is 24.3 Å². The number of anilines is 1. The maximum Gasteiger partial charge on any atom is 0.345 e. The highest BCUT2D eigenvalue weighted by Gasteiger charge is 2.07. The number of thiophene rings is 1. The molecule has 1 heterocycles. The number of hydrogen-bond donors (Lipinski definition) is 2. The van der Waals surface area contributed by atoms with Gasteiger partial charge in [0.25, 0.3) is 0 Å². The van der Waals surface area contributed by atoms with E-state index in [1.807, 2.05) is 30.3 Å². The Bertz CT molecular complexity index is 551. The van der Waals surface area contributed by atoms with Crippen LogP contribution in [0.1, 0.15) is 14.5 Å². The number of aromatic carboxylic acids is 1. The highest BCUT2D eigenvalue weighted by Crippen LogP contribution is 2.25. The number of benzene rings is 1. The summed E-state index contributed by atoms with van der Waals surface area (Å²) in [6.45, 7) is 0.582. The Hall–Kier alpha value is -2.01. The summed E-state index contributed by atoms with van der Waals surface area (Å²) in [6, 6.07) is 11.0. The van der Waals surface area contributed by atoms with Gasteiger partial charge in [-0.2, -0.15) is 0 Å². The molecular weight excluding hydrogens is 250 g/mol. The van der Waals surface area contributed by atoms with Crippen molar-refractivity contribution < 1.29 is 14.6 Å². The fourth-order valence-corrected chi connectivity index (χ4v) is 2.35. The van der Waals surface area contributed by atoms with Crippen molar-refractivity contribution in [2.24, 2.45) is 0 Å². The summed E-state index contributed by atoms with van der Waals surface area (Å²) >= 11 is 1.27. The third kappa shape index (κ3) is 2.81. The Kier molecular flexibility index (Phi) is 3.84. The first kappa shape index (κ1) is 12.4. The number of ether oxygens (including phenoxy) is 1. The number of nitrogens with one attached hydrogen (secondary N) is 1. The second kappa shape index (κ2) is 5.55. The van der Waals surface area contributed by atoms with E-state index in [-0.39, 0.29) is 0 Å². The van der Waals surface area contributed by atoms with E-state index in [0.717, 1.165) is 16.3 Å². The van der Waals surface area contributed by atoms with Crippen LogP contribution in [0.15, 0.2) is 36.4 Å². The molecule has 0 aliphatic heterocycles. The smallest absolute Gasteiger partial charge is 0.345 e. The van der Waals surface area contributed by atoms with Gasteiger partial charge < -0.3 is 15.2 Å². The second-order valence-corrected chi connectivity index (χ2v) is 4.79. The molecule has 94 valence electrons. The van der Waals surface area contributed by atoms with Crippen LogP contribution in [-0.2, 0) is 6.54 Å². The average molecular weight is 263 g/mol. The highest BCUT2D eigenvalue weighted by atomic mass is 32.1. The first-order chi connectivity index (χ1) is 8.70. The predicted molar refractivity (Wildman–Crippen MR) is 71.6 cm³/mol. The lowest BCUT2D eigenvalue weighted by Crippen LogP contribution is -1.99. The highest BCUT2D eigenvalue weighted by molar-refractivity contribution is 7.13. The van der Waals surface area contributed by atoms with Crippen LogP contribution in [0.2, 0.25) is 0 Å². The number of hydrogen-bond acceptors (Lipinski definition) is 4. The number of para-hydroxylation sites is 2. The lowest BCUT2D eigenvalue weighted by atomic mass is 10.3. The molecule has 0 saturated carbocycles. The average Bonchev–Trinajstić information content (AvgIpc) is 2.85. The lowest BCUT2D eigenvalue weighted by Gasteiger charge is -2.09. The van der Waals surface area contributed by atoms with Gasteiger partial charge in [0, 0.05) is 11.4 Å². The van der Waals surface area contributed by atoms with Gasteiger partial charge in [0.1, 0.15) is 10.6 Å². The van der Waals surface area contributed by atoms with Crippen LogP contribution >= 0.6 is 11.3 Å². The van der Waals surface area contributed by atoms with Gasteiger partial charge in [0.2, 0.25) is 0 Å². The molecule has 0 spiro atoms. The topological polar surface area (TPSA) is 58.6 Å². The van der Waals surface area contributed by atoms with Gasteiger partial charge in [0.15, 0.2) is 0 Å². The van der Waals surface area contributed by atoms with Crippen molar-refractivity contribution in [2.75, 3.05) is 12.4 Å². The van der Waals surface area contributed by atoms with Crippen molar-refractivity contribution in [1.29, 1.82) is 0 Å². The zero-order valence-electron chi connectivity index (χ0n) is 9.84. The van der Waals surface area contributed by atoms with E-state index in [4.69, 9.17) is 9.84 Å². The minimum Gasteiger partial charge on any atom is -0.495 e. The quantitative estimate of drug-likeness (QED) is 0.870. The number of carbonyl (C=O) groups is 1. The van der Waals surface area contributed by atoms with Crippen LogP contribution in [0.4, 0.5) is 5.69 Å². The first-order valence-electron chi connectivity index (χ1n) is 5.39. The van der Waals surface area contributed by atoms with E-state index >= 15 is 0 Å². The minimum absolute atomic E-state index is 0.354. The molecule has 2 N–H and O–H groups in total. The van der Waals surface area contributed by atoms with Crippen molar-refractivity contribution in [1.82, 2.24) is 0 Å². The number of methoxy groups -OCH3 is 1. The standard InChI is InChI=1S/C13H13NO3S/c1-17-11-5-3-2-4-10(11)14-8-9-6-7-12(18-9)13(15)16/h2-7,14H,8H2,1H3,(H,15,16). The number of rotatable bonds is 5. The molecule has 4 nitrogen and oxygen atoms in total. The van der Waals surface area contributed by atoms with Crippen LogP contribution in [0.3, 0.4) is 0 Å². The molecule has 0 aliphatic carbocycles. The van der Waals surface area contributed by atoms with Crippen LogP contribution in [0.25, 0.3) is 0 Å². The largest absolute Gasteiger partial charge is 0.495 e. The van der Waals surface area contributed by atoms with Crippen molar-refractivity contribution >= 4 is 23.0 Å². The van der Waals surface area contributed by atoms with Gasteiger partial charge in [-0.1, -0.05) is 12.1 Å². The van der Waals surface area contributed by atoms with Crippen LogP contribution in [0, 0.1) is 0 Å². The molecule has 0 amide bonds. The number of carboxylic acid groups (broad SMARTS) is 1. The van der Waals surface area contributed by atoms with Crippen molar-refractivity contribution in [2.45, 2.75) is 6.54 Å². The summed E-state index contributed by atoms with van der Waals surface area (Å²) in [4.78, 5) is 12.1. The van der Waals surface area contributed by atoms with Crippen molar-refractivity contribution in [3.63, 3.8) is 0 Å². The Balaban J connectivity index is 2.04. The molecule has 0 bridgehead atoms. The van der Waals surface area contributed by atoms with E-state index in [1.54, 1.807) is 13.2 Å². The normalized spacial score (nSPS) is 10.1. The molecule has 1 aromatic heterocycles. The number of carboxylic acids is 1. The Morgan fingerprint density at radius 1 is 1.33 bits per heavy atom. The van der Waals surface area contributed by atoms with Gasteiger partial charge in [0.05, 0.1) is 12.8 Å². The Morgan fingerprint density at radius 3 is 2.78 bits per heavy atom. The van der Waals surface area contributed by atoms with Crippen LogP contribution < -0.4 is 10.1 Å². The maximum atomic E-state index is 10.8. The zero-order chi connectivity index (χ0) is 13.0. The SMILES string of the molecule is COc1ccccc1NCc1ccc(C(=O)O)s1. The summed E-state index contributed by atoms with van der Waals surface area (Å²) in [5, 5.41) is 12.1. The van der Waals surface area contributed by atoms with Crippen molar-refractivity contribution in [3.8, 4) is 5.75 Å². The second-order valence-electron chi connectivity index (χ2n) is 3.62. The Labute approximate surface area is 109 Å². The molecule has 0 radical (unpaired) electrons. The first-order valence-corrected chi connectivity index (χ1v) is 6.21. The summed E-state index contributed by atoms with van der Waals surface area (Å²) < 4.78 is 5.22. The minimum atomic E-state index is -0.886. The van der Waals surface area contributed by atoms with Gasteiger partial charge in [-0.15, -0.1) is 11.3 Å². The molecule has 2 rings (SSSR count). The molecule has 1 aromatic carbocycles. The van der Waals surface area contributed by atoms with E-state index in [1.165, 1.54) is 11.3 Å². The predicted octanol–water partition coefficient (Wildman–Crippen LogP) is 3.07. The summed E-state index contributed by atoms with van der Waals surface area (Å²) in [5.74, 6) is -0.115. The summed E-state index contributed by atoms with van der Waals surface area (Å²) in [7, 11) is 1.62. The molecule has 0 unspecified atom stereocenters. The van der Waals surface area contributed by atoms with Crippen molar-refractivity contribution in [3.05, 3.63) is 46.2 Å². The molecule has 0 aliphatic rings. The molecule has 2 aromatic rings. The Morgan fingerprint density at radius 2 is 2.11 bits per heavy atom. The van der Waals surface area contributed by atoms with E-state index < -0.39 is 5.97 Å². The molecule has 0 atom stereocenters. The summed E-state index contributed by atoms with van der Waals surface area (Å²) in [6.07, 6.45) is 0. The third-order valence-corrected chi connectivity index (χ3v) is 3.51. The van der Waals surface area contributed by atoms with Gasteiger partial charge >= 0.3 is 5.97 Å². The van der Waals surface area contributed by atoms with Crippen LogP contribution in [-0.4, -0.2) is 18.2 Å². The molecule has 0 fully saturated rings. The lowest BCUT2D eigenvalue weighted by molar-refractivity contribution is 0.0702. The fourth-order valence-electron chi connectivity index (χ4n) is 1.56. The van der Waals surface area contributed by atoms with E-state index in [9.17, 15) is 4.79 Å². The monoisotopic (exact) mass is 263 g/mol. The third-order valence-electron chi connectivity index (χ3n) is 2.43. The summed E-state index contributed by atoms with van der Waals surface area (Å²) in [5.41, 5.74) is 0.894. The molecule has 18 heavy (non-hydrogen) atoms. The molecular formula is C13H13NO3S. The van der Waals surface area contributed by atoms with Gasteiger partial charge in [-0.25, -0.2) is 4.79 Å². The maximum absolute atomic E-state index is 10.8. The zero-order valence-corrected chi connectivity index (χ0v) is 10.7. The molecule has 0 saturated heterocycles.